The fourth-order valence-corrected chi connectivity index (χ4v) is 7.22. The summed E-state index contributed by atoms with van der Waals surface area (Å²) in [5, 5.41) is 4.13. The van der Waals surface area contributed by atoms with E-state index >= 15 is 0 Å². The van der Waals surface area contributed by atoms with Crippen LogP contribution in [0.5, 0.6) is 0 Å². The van der Waals surface area contributed by atoms with Crippen molar-refractivity contribution in [1.29, 1.82) is 0 Å². The minimum Gasteiger partial charge on any atom is -0.325 e. The molecule has 5 nitrogen and oxygen atoms in total. The van der Waals surface area contributed by atoms with Gasteiger partial charge in [-0.3, -0.25) is 14.2 Å². The van der Waals surface area contributed by atoms with E-state index in [1.165, 1.54) is 29.3 Å². The van der Waals surface area contributed by atoms with Gasteiger partial charge in [-0.1, -0.05) is 97.2 Å². The van der Waals surface area contributed by atoms with Gasteiger partial charge in [0.2, 0.25) is 5.91 Å². The molecule has 0 saturated heterocycles. The average Bonchev–Trinajstić information content (AvgIpc) is 2.97. The van der Waals surface area contributed by atoms with Crippen molar-refractivity contribution < 1.29 is 4.79 Å². The third-order valence-corrected chi connectivity index (χ3v) is 9.43. The number of anilines is 1. The molecule has 0 radical (unpaired) electrons. The van der Waals surface area contributed by atoms with Crippen LogP contribution in [0.1, 0.15) is 48.8 Å². The van der Waals surface area contributed by atoms with Crippen LogP contribution in [0.25, 0.3) is 11.3 Å². The molecule has 0 bridgehead atoms. The topological polar surface area (TPSA) is 64.0 Å². The Morgan fingerprint density at radius 1 is 0.950 bits per heavy atom. The monoisotopic (exact) mass is 569 g/mol. The molecular formula is C33H32ClN3O2S. The third-order valence-electron chi connectivity index (χ3n) is 8.20. The zero-order valence-corrected chi connectivity index (χ0v) is 23.9. The number of benzene rings is 3. The van der Waals surface area contributed by atoms with Crippen LogP contribution in [-0.2, 0) is 29.6 Å². The summed E-state index contributed by atoms with van der Waals surface area (Å²) in [7, 11) is 0. The summed E-state index contributed by atoms with van der Waals surface area (Å²) >= 11 is 7.31. The summed E-state index contributed by atoms with van der Waals surface area (Å²) < 4.78 is 1.83. The highest BCUT2D eigenvalue weighted by atomic mass is 35.5. The number of amides is 1. The Bertz CT molecular complexity index is 1580. The lowest BCUT2D eigenvalue weighted by atomic mass is 9.62. The minimum absolute atomic E-state index is 0.0537. The Labute approximate surface area is 244 Å². The van der Waals surface area contributed by atoms with Gasteiger partial charge in [0.1, 0.15) is 0 Å². The van der Waals surface area contributed by atoms with Crippen molar-refractivity contribution in [2.45, 2.75) is 62.1 Å². The first-order chi connectivity index (χ1) is 19.5. The molecule has 40 heavy (non-hydrogen) atoms. The van der Waals surface area contributed by atoms with Gasteiger partial charge in [0.05, 0.1) is 17.0 Å². The molecule has 1 amide bonds. The van der Waals surface area contributed by atoms with Gasteiger partial charge in [0.25, 0.3) is 5.56 Å². The quantitative estimate of drug-likeness (QED) is 0.187. The predicted octanol–water partition coefficient (Wildman–Crippen LogP) is 7.30. The van der Waals surface area contributed by atoms with E-state index in [1.54, 1.807) is 24.3 Å². The number of thioether (sulfide) groups is 1. The summed E-state index contributed by atoms with van der Waals surface area (Å²) in [4.78, 5) is 32.6. The molecule has 0 aliphatic heterocycles. The zero-order chi connectivity index (χ0) is 27.5. The standard InChI is InChI=1S/C33H32ClN3O2S/c34-25-13-15-26(16-14-25)35-28(38)22-40-32-36-30-27-12-6-5-11-24(27)21-33(18-7-2-8-19-33)29(30)31(39)37(32)20-17-23-9-3-1-4-10-23/h1,3-6,9-16H,2,7-8,17-22H2,(H,35,38). The molecule has 2 aliphatic rings. The Balaban J connectivity index is 1.39. The molecule has 1 N–H and O–H groups in total. The molecule has 204 valence electrons. The molecule has 0 atom stereocenters. The van der Waals surface area contributed by atoms with Crippen molar-refractivity contribution >= 4 is 35.0 Å². The lowest BCUT2D eigenvalue weighted by Gasteiger charge is -2.42. The number of rotatable bonds is 7. The van der Waals surface area contributed by atoms with E-state index in [0.29, 0.717) is 22.4 Å². The summed E-state index contributed by atoms with van der Waals surface area (Å²) in [6.07, 6.45) is 7.11. The molecular weight excluding hydrogens is 538 g/mol. The molecule has 3 aromatic carbocycles. The van der Waals surface area contributed by atoms with Crippen LogP contribution < -0.4 is 10.9 Å². The van der Waals surface area contributed by atoms with Gasteiger partial charge in [0.15, 0.2) is 5.16 Å². The van der Waals surface area contributed by atoms with Gasteiger partial charge >= 0.3 is 0 Å². The lowest BCUT2D eigenvalue weighted by Crippen LogP contribution is -2.43. The van der Waals surface area contributed by atoms with Gasteiger partial charge in [-0.25, -0.2) is 4.98 Å². The Morgan fingerprint density at radius 3 is 2.45 bits per heavy atom. The Kier molecular flexibility index (Phi) is 7.81. The average molecular weight is 570 g/mol. The number of aromatic nitrogens is 2. The van der Waals surface area contributed by atoms with Crippen molar-refractivity contribution in [1.82, 2.24) is 9.55 Å². The van der Waals surface area contributed by atoms with Crippen molar-refractivity contribution in [3.05, 3.63) is 111 Å². The van der Waals surface area contributed by atoms with E-state index < -0.39 is 0 Å². The second-order valence-corrected chi connectivity index (χ2v) is 12.2. The number of fused-ring (bicyclic) bond motifs is 4. The van der Waals surface area contributed by atoms with Crippen LogP contribution in [-0.4, -0.2) is 21.2 Å². The molecule has 1 fully saturated rings. The van der Waals surface area contributed by atoms with Crippen molar-refractivity contribution in [2.24, 2.45) is 0 Å². The SMILES string of the molecule is O=C(CSc1nc2c(c(=O)n1CCc1ccccc1)C1(CCCCC1)Cc1ccccc1-2)Nc1ccc(Cl)cc1. The summed E-state index contributed by atoms with van der Waals surface area (Å²) in [5.74, 6) is -0.00976. The molecule has 6 rings (SSSR count). The second-order valence-electron chi connectivity index (χ2n) is 10.8. The maximum atomic E-state index is 14.5. The Morgan fingerprint density at radius 2 is 1.68 bits per heavy atom. The van der Waals surface area contributed by atoms with Gasteiger partial charge in [-0.2, -0.15) is 0 Å². The second kappa shape index (κ2) is 11.6. The predicted molar refractivity (Wildman–Crippen MR) is 163 cm³/mol. The first-order valence-corrected chi connectivity index (χ1v) is 15.3. The van der Waals surface area contributed by atoms with E-state index in [-0.39, 0.29) is 22.6 Å². The van der Waals surface area contributed by atoms with Crippen LogP contribution >= 0.6 is 23.4 Å². The van der Waals surface area contributed by atoms with Crippen LogP contribution in [0.2, 0.25) is 5.02 Å². The number of carbonyl (C=O) groups is 1. The summed E-state index contributed by atoms with van der Waals surface area (Å²) in [5.41, 5.74) is 5.74. The number of carbonyl (C=O) groups excluding carboxylic acids is 1. The zero-order valence-electron chi connectivity index (χ0n) is 22.4. The highest BCUT2D eigenvalue weighted by Crippen LogP contribution is 2.48. The molecule has 7 heteroatoms. The summed E-state index contributed by atoms with van der Waals surface area (Å²) in [6.45, 7) is 0.516. The van der Waals surface area contributed by atoms with Gasteiger partial charge < -0.3 is 5.32 Å². The smallest absolute Gasteiger partial charge is 0.258 e. The Hall–Kier alpha value is -3.35. The minimum atomic E-state index is -0.171. The molecule has 1 aromatic heterocycles. The van der Waals surface area contributed by atoms with Crippen molar-refractivity contribution in [3.63, 3.8) is 0 Å². The van der Waals surface area contributed by atoms with Crippen LogP contribution in [0.15, 0.2) is 88.8 Å². The largest absolute Gasteiger partial charge is 0.325 e. The van der Waals surface area contributed by atoms with Gasteiger partial charge in [-0.05, 0) is 61.1 Å². The lowest BCUT2D eigenvalue weighted by molar-refractivity contribution is -0.113. The van der Waals surface area contributed by atoms with Crippen LogP contribution in [0.4, 0.5) is 5.69 Å². The number of nitrogens with zero attached hydrogens (tertiary/aromatic N) is 2. The molecule has 0 unspecified atom stereocenters. The van der Waals surface area contributed by atoms with Gasteiger partial charge in [-0.15, -0.1) is 0 Å². The first-order valence-electron chi connectivity index (χ1n) is 14.0. The van der Waals surface area contributed by atoms with Crippen molar-refractivity contribution in [3.8, 4) is 11.3 Å². The number of hydrogen-bond acceptors (Lipinski definition) is 4. The number of nitrogens with one attached hydrogen (secondary N) is 1. The van der Waals surface area contributed by atoms with E-state index in [4.69, 9.17) is 16.6 Å². The summed E-state index contributed by atoms with van der Waals surface area (Å²) in [6, 6.07) is 25.6. The molecule has 1 spiro atoms. The third kappa shape index (κ3) is 5.48. The highest BCUT2D eigenvalue weighted by molar-refractivity contribution is 7.99. The van der Waals surface area contributed by atoms with E-state index in [2.05, 4.69) is 35.6 Å². The molecule has 4 aromatic rings. The van der Waals surface area contributed by atoms with Gasteiger partial charge in [0, 0.05) is 28.2 Å². The highest BCUT2D eigenvalue weighted by Gasteiger charge is 2.43. The van der Waals surface area contributed by atoms with E-state index in [1.807, 2.05) is 28.8 Å². The maximum Gasteiger partial charge on any atom is 0.258 e. The van der Waals surface area contributed by atoms with Crippen LogP contribution in [0, 0.1) is 0 Å². The fourth-order valence-electron chi connectivity index (χ4n) is 6.28. The van der Waals surface area contributed by atoms with E-state index in [9.17, 15) is 9.59 Å². The first kappa shape index (κ1) is 26.9. The fraction of sp³-hybridized carbons (Fsp3) is 0.303. The van der Waals surface area contributed by atoms with Crippen LogP contribution in [0.3, 0.4) is 0 Å². The van der Waals surface area contributed by atoms with Crippen molar-refractivity contribution in [2.75, 3.05) is 11.1 Å². The number of halogens is 1. The molecule has 1 heterocycles. The molecule has 1 saturated carbocycles. The van der Waals surface area contributed by atoms with E-state index in [0.717, 1.165) is 55.3 Å². The molecule has 2 aliphatic carbocycles. The number of hydrogen-bond donors (Lipinski definition) is 1. The number of aryl methyl sites for hydroxylation is 1. The normalized spacial score (nSPS) is 15.3. The maximum absolute atomic E-state index is 14.5.